The molecule has 1 N–H and O–H groups in total. The van der Waals surface area contributed by atoms with Crippen LogP contribution in [0.2, 0.25) is 0 Å². The predicted octanol–water partition coefficient (Wildman–Crippen LogP) is 12.5. The van der Waals surface area contributed by atoms with E-state index in [0.717, 1.165) is 44.1 Å². The van der Waals surface area contributed by atoms with Crippen molar-refractivity contribution in [3.05, 3.63) is 157 Å². The van der Waals surface area contributed by atoms with Crippen LogP contribution in [-0.2, 0) is 5.41 Å². The van der Waals surface area contributed by atoms with Crippen LogP contribution in [0.4, 0.5) is 0 Å². The van der Waals surface area contributed by atoms with Crippen molar-refractivity contribution in [2.24, 2.45) is 0 Å². The Balaban J connectivity index is 1.12. The fourth-order valence-corrected chi connectivity index (χ4v) is 8.15. The molecule has 0 fully saturated rings. The number of hydrogen-bond donors (Lipinski definition) is 1. The van der Waals surface area contributed by atoms with E-state index < -0.39 is 0 Å². The molecular weight excluding hydrogens is 571 g/mol. The van der Waals surface area contributed by atoms with E-state index in [2.05, 4.69) is 152 Å². The molecule has 0 saturated heterocycles. The maximum absolute atomic E-state index is 6.39. The van der Waals surface area contributed by atoms with E-state index in [0.29, 0.717) is 0 Å². The van der Waals surface area contributed by atoms with E-state index in [4.69, 9.17) is 4.42 Å². The highest BCUT2D eigenvalue weighted by atomic mass is 16.3. The summed E-state index contributed by atoms with van der Waals surface area (Å²) in [5.41, 5.74) is 16.8. The minimum absolute atomic E-state index is 0.0235. The second-order valence-corrected chi connectivity index (χ2v) is 13.4. The second-order valence-electron chi connectivity index (χ2n) is 13.4. The molecule has 0 saturated carbocycles. The molecule has 2 nitrogen and oxygen atoms in total. The molecule has 2 heterocycles. The van der Waals surface area contributed by atoms with Gasteiger partial charge in [0.2, 0.25) is 0 Å². The van der Waals surface area contributed by atoms with Gasteiger partial charge in [-0.1, -0.05) is 135 Å². The molecule has 2 aromatic heterocycles. The Morgan fingerprint density at radius 2 is 1.11 bits per heavy atom. The lowest BCUT2D eigenvalue weighted by Gasteiger charge is -2.21. The molecule has 0 spiro atoms. The fraction of sp³-hybridized carbons (Fsp3) is 0.0667. The van der Waals surface area contributed by atoms with E-state index in [9.17, 15) is 0 Å². The lowest BCUT2D eigenvalue weighted by atomic mass is 9.82. The van der Waals surface area contributed by atoms with Gasteiger partial charge in [-0.3, -0.25) is 0 Å². The largest absolute Gasteiger partial charge is 0.455 e. The minimum atomic E-state index is -0.0235. The zero-order valence-corrected chi connectivity index (χ0v) is 26.3. The maximum Gasteiger partial charge on any atom is 0.143 e. The monoisotopic (exact) mass is 601 g/mol. The number of rotatable bonds is 3. The van der Waals surface area contributed by atoms with E-state index in [1.54, 1.807) is 0 Å². The molecule has 0 bridgehead atoms. The van der Waals surface area contributed by atoms with Crippen molar-refractivity contribution < 1.29 is 4.42 Å². The maximum atomic E-state index is 6.39. The van der Waals surface area contributed by atoms with Crippen LogP contribution in [-0.4, -0.2) is 4.98 Å². The molecule has 2 heteroatoms. The van der Waals surface area contributed by atoms with Crippen LogP contribution in [0.1, 0.15) is 25.0 Å². The Morgan fingerprint density at radius 3 is 2.02 bits per heavy atom. The molecule has 10 rings (SSSR count). The van der Waals surface area contributed by atoms with Gasteiger partial charge in [-0.2, -0.15) is 0 Å². The van der Waals surface area contributed by atoms with Gasteiger partial charge in [0.05, 0.1) is 5.52 Å². The molecule has 0 unspecified atom stereocenters. The van der Waals surface area contributed by atoms with Crippen LogP contribution in [0.25, 0.3) is 88.3 Å². The lowest BCUT2D eigenvalue weighted by molar-refractivity contribution is 0.660. The topological polar surface area (TPSA) is 28.9 Å². The van der Waals surface area contributed by atoms with E-state index >= 15 is 0 Å². The van der Waals surface area contributed by atoms with Crippen LogP contribution in [0.15, 0.2) is 150 Å². The third-order valence-corrected chi connectivity index (χ3v) is 10.4. The first-order valence-electron chi connectivity index (χ1n) is 16.4. The van der Waals surface area contributed by atoms with Gasteiger partial charge < -0.3 is 9.40 Å². The summed E-state index contributed by atoms with van der Waals surface area (Å²) in [6, 6.07) is 52.8. The highest BCUT2D eigenvalue weighted by molar-refractivity contribution is 6.14. The standard InChI is InChI=1S/C45H31NO/c1-45(2)38-20-5-3-14-36(38)42-30(15-10-21-39(42)45)27-11-7-12-28(25-27)31-16-8-18-34-37-26-29(23-24-40(37)46-43(31)34)32-17-9-19-35-33-13-4-6-22-41(33)47-44(32)35/h3-26,46H,1-2H3. The number of furan rings is 1. The number of para-hydroxylation sites is 3. The first-order valence-corrected chi connectivity index (χ1v) is 16.4. The molecule has 222 valence electrons. The molecule has 0 atom stereocenters. The molecule has 1 aliphatic carbocycles. The zero-order valence-electron chi connectivity index (χ0n) is 26.3. The highest BCUT2D eigenvalue weighted by Gasteiger charge is 2.36. The third kappa shape index (κ3) is 3.73. The van der Waals surface area contributed by atoms with Crippen LogP contribution >= 0.6 is 0 Å². The summed E-state index contributed by atoms with van der Waals surface area (Å²) in [5.74, 6) is 0. The summed E-state index contributed by atoms with van der Waals surface area (Å²) in [5, 5.41) is 4.73. The van der Waals surface area contributed by atoms with Gasteiger partial charge in [0.15, 0.2) is 0 Å². The summed E-state index contributed by atoms with van der Waals surface area (Å²) in [4.78, 5) is 3.78. The predicted molar refractivity (Wildman–Crippen MR) is 197 cm³/mol. The van der Waals surface area contributed by atoms with E-state index in [1.807, 2.05) is 12.1 Å². The van der Waals surface area contributed by atoms with Gasteiger partial charge in [0.1, 0.15) is 11.2 Å². The molecular formula is C45H31NO. The minimum Gasteiger partial charge on any atom is -0.455 e. The Labute approximate surface area is 272 Å². The quantitative estimate of drug-likeness (QED) is 0.214. The molecule has 7 aromatic carbocycles. The molecule has 1 aliphatic rings. The second kappa shape index (κ2) is 9.57. The smallest absolute Gasteiger partial charge is 0.143 e. The molecule has 0 amide bonds. The Kier molecular flexibility index (Phi) is 5.37. The number of benzene rings is 7. The number of H-pyrrole nitrogens is 1. The lowest BCUT2D eigenvalue weighted by Crippen LogP contribution is -2.14. The number of aromatic amines is 1. The van der Waals surface area contributed by atoms with Crippen molar-refractivity contribution in [1.29, 1.82) is 0 Å². The Bertz CT molecular complexity index is 2720. The summed E-state index contributed by atoms with van der Waals surface area (Å²) < 4.78 is 6.39. The van der Waals surface area contributed by atoms with E-state index in [-0.39, 0.29) is 5.41 Å². The Morgan fingerprint density at radius 1 is 0.468 bits per heavy atom. The summed E-state index contributed by atoms with van der Waals surface area (Å²) >= 11 is 0. The van der Waals surface area contributed by atoms with Gasteiger partial charge in [-0.25, -0.2) is 0 Å². The van der Waals surface area contributed by atoms with Crippen molar-refractivity contribution >= 4 is 43.7 Å². The number of aromatic nitrogens is 1. The van der Waals surface area contributed by atoms with Crippen LogP contribution in [0, 0.1) is 0 Å². The highest BCUT2D eigenvalue weighted by Crippen LogP contribution is 2.52. The SMILES string of the molecule is CC1(C)c2ccccc2-c2c(-c3cccc(-c4cccc5c4[nH]c4ccc(-c6cccc7c6oc6ccccc67)cc45)c3)cccc21. The average molecular weight is 602 g/mol. The summed E-state index contributed by atoms with van der Waals surface area (Å²) in [6.07, 6.45) is 0. The third-order valence-electron chi connectivity index (χ3n) is 10.4. The fourth-order valence-electron chi connectivity index (χ4n) is 8.15. The van der Waals surface area contributed by atoms with Crippen molar-refractivity contribution in [3.8, 4) is 44.5 Å². The average Bonchev–Trinajstić information content (AvgIpc) is 3.76. The first kappa shape index (κ1) is 26.4. The number of fused-ring (bicyclic) bond motifs is 9. The van der Waals surface area contributed by atoms with Crippen molar-refractivity contribution in [2.75, 3.05) is 0 Å². The van der Waals surface area contributed by atoms with Gasteiger partial charge in [-0.05, 0) is 68.8 Å². The van der Waals surface area contributed by atoms with Crippen LogP contribution in [0.3, 0.4) is 0 Å². The van der Waals surface area contributed by atoms with E-state index in [1.165, 1.54) is 55.3 Å². The van der Waals surface area contributed by atoms with Crippen molar-refractivity contribution in [1.82, 2.24) is 4.98 Å². The number of hydrogen-bond acceptors (Lipinski definition) is 1. The zero-order chi connectivity index (χ0) is 31.3. The van der Waals surface area contributed by atoms with Crippen molar-refractivity contribution in [2.45, 2.75) is 19.3 Å². The molecule has 0 radical (unpaired) electrons. The molecule has 0 aliphatic heterocycles. The van der Waals surface area contributed by atoms with Crippen LogP contribution in [0.5, 0.6) is 0 Å². The first-order chi connectivity index (χ1) is 23.1. The van der Waals surface area contributed by atoms with Crippen molar-refractivity contribution in [3.63, 3.8) is 0 Å². The van der Waals surface area contributed by atoms with Gasteiger partial charge >= 0.3 is 0 Å². The van der Waals surface area contributed by atoms with Gasteiger partial charge in [0, 0.05) is 43.6 Å². The molecule has 9 aromatic rings. The molecule has 47 heavy (non-hydrogen) atoms. The summed E-state index contributed by atoms with van der Waals surface area (Å²) in [6.45, 7) is 4.69. The normalized spacial score (nSPS) is 13.5. The summed E-state index contributed by atoms with van der Waals surface area (Å²) in [7, 11) is 0. The Hall–Kier alpha value is -5.86. The van der Waals surface area contributed by atoms with Gasteiger partial charge in [0.25, 0.3) is 0 Å². The number of nitrogens with one attached hydrogen (secondary N) is 1. The van der Waals surface area contributed by atoms with Crippen LogP contribution < -0.4 is 0 Å². The van der Waals surface area contributed by atoms with Gasteiger partial charge in [-0.15, -0.1) is 0 Å².